The van der Waals surface area contributed by atoms with Crippen molar-refractivity contribution in [2.24, 2.45) is 9.98 Å². The molecule has 27 heavy (non-hydrogen) atoms. The van der Waals surface area contributed by atoms with Crippen LogP contribution >= 0.6 is 33.3 Å². The molecule has 0 bridgehead atoms. The van der Waals surface area contributed by atoms with Crippen LogP contribution in [0.15, 0.2) is 63.4 Å². The van der Waals surface area contributed by atoms with Gasteiger partial charge in [-0.05, 0) is 59.8 Å². The predicted molar refractivity (Wildman–Crippen MR) is 116 cm³/mol. The number of benzene rings is 2. The van der Waals surface area contributed by atoms with Gasteiger partial charge in [0.2, 0.25) is 0 Å². The van der Waals surface area contributed by atoms with Crippen LogP contribution in [-0.4, -0.2) is 24.6 Å². The van der Waals surface area contributed by atoms with Gasteiger partial charge in [-0.25, -0.2) is 9.98 Å². The first kappa shape index (κ1) is 23.6. The number of thiocyanates is 1. The van der Waals surface area contributed by atoms with E-state index in [0.29, 0.717) is 10.9 Å². The van der Waals surface area contributed by atoms with Crippen LogP contribution in [0.4, 0.5) is 17.1 Å². The number of amides is 1. The number of hydrogen-bond acceptors (Lipinski definition) is 7. The number of nitriles is 1. The van der Waals surface area contributed by atoms with E-state index in [4.69, 9.17) is 11.0 Å². The topological polar surface area (TPSA) is 104 Å². The quantitative estimate of drug-likeness (QED) is 0.0705. The Morgan fingerprint density at radius 1 is 1.22 bits per heavy atom. The van der Waals surface area contributed by atoms with Crippen LogP contribution in [0.3, 0.4) is 0 Å². The summed E-state index contributed by atoms with van der Waals surface area (Å²) in [4.78, 5) is 19.1. The molecule has 0 saturated heterocycles. The van der Waals surface area contributed by atoms with Crippen LogP contribution in [0.2, 0.25) is 0 Å². The molecule has 0 saturated carbocycles. The number of anilines is 2. The Bertz CT molecular complexity index is 777. The second kappa shape index (κ2) is 13.8. The molecule has 0 aliphatic rings. The van der Waals surface area contributed by atoms with Gasteiger partial charge in [-0.3, -0.25) is 0 Å². The van der Waals surface area contributed by atoms with Crippen molar-refractivity contribution in [3.8, 4) is 5.40 Å². The van der Waals surface area contributed by atoms with Crippen LogP contribution in [0, 0.1) is 10.7 Å². The first-order valence-electron chi connectivity index (χ1n) is 7.03. The predicted octanol–water partition coefficient (Wildman–Crippen LogP) is 4.71. The molecule has 10 heteroatoms. The van der Waals surface area contributed by atoms with Crippen molar-refractivity contribution >= 4 is 68.7 Å². The average Bonchev–Trinajstić information content (AvgIpc) is 2.66. The second-order valence-corrected chi connectivity index (χ2v) is 7.56. The molecule has 2 aromatic rings. The zero-order valence-corrected chi connectivity index (χ0v) is 19.0. The van der Waals surface area contributed by atoms with Gasteiger partial charge in [-0.15, -0.1) is 17.8 Å². The summed E-state index contributed by atoms with van der Waals surface area (Å²) in [6.07, 6.45) is 3.55. The van der Waals surface area contributed by atoms with Crippen molar-refractivity contribution in [1.82, 2.24) is 0 Å². The van der Waals surface area contributed by atoms with Gasteiger partial charge in [0.25, 0.3) is 0 Å². The number of nitrogens with zero attached hydrogens (tertiary/aromatic N) is 3. The summed E-state index contributed by atoms with van der Waals surface area (Å²) in [6.45, 7) is 3.44. The molecular formula is C17H16FmN5OS3-. The minimum atomic E-state index is 0. The summed E-state index contributed by atoms with van der Waals surface area (Å²) in [5.41, 5.74) is 7.60. The van der Waals surface area contributed by atoms with Crippen LogP contribution < -0.4 is 11.1 Å². The maximum atomic E-state index is 10.1. The molecule has 2 rings (SSSR count). The van der Waals surface area contributed by atoms with Crippen molar-refractivity contribution in [3.63, 3.8) is 0 Å². The molecule has 3 N–H and O–H groups in total. The van der Waals surface area contributed by atoms with Crippen LogP contribution in [-0.2, 0) is 4.79 Å². The Balaban J connectivity index is 0.000000531. The summed E-state index contributed by atoms with van der Waals surface area (Å²) >= 11 is 1.13. The van der Waals surface area contributed by atoms with E-state index in [2.05, 4.69) is 22.0 Å². The molecule has 0 unspecified atom stereocenters. The molecular weight excluding hydrogens is 643 g/mol. The van der Waals surface area contributed by atoms with E-state index in [1.807, 2.05) is 23.8 Å². The Morgan fingerprint density at radius 2 is 1.85 bits per heavy atom. The van der Waals surface area contributed by atoms with Crippen molar-refractivity contribution < 1.29 is 4.79 Å². The maximum Gasteiger partial charge on any atom is 0.198 e. The van der Waals surface area contributed by atoms with Gasteiger partial charge in [0, 0.05) is 10.6 Å². The molecule has 0 heterocycles. The molecule has 0 aromatic heterocycles. The first-order chi connectivity index (χ1) is 12.6. The molecule has 0 fully saturated rings. The van der Waals surface area contributed by atoms with Gasteiger partial charge in [0.1, 0.15) is 5.40 Å². The minimum absolute atomic E-state index is 0. The number of aliphatic imine (C=N–C) groups is 2. The fraction of sp³-hybridized carbons (Fsp3) is 0.0588. The number of thioether (sulfide) groups is 1. The number of hydrogen-bond donors (Lipinski definition) is 2. The van der Waals surface area contributed by atoms with Gasteiger partial charge >= 0.3 is 0 Å². The first-order valence-corrected chi connectivity index (χ1v) is 10.4. The van der Waals surface area contributed by atoms with Gasteiger partial charge in [0.15, 0.2) is 5.17 Å². The fourth-order valence-corrected chi connectivity index (χ4v) is 2.97. The number of carbonyl (C=O) groups excluding carboxylic acids is 1. The van der Waals surface area contributed by atoms with Crippen molar-refractivity contribution in [2.75, 3.05) is 17.3 Å². The molecule has 6 nitrogen and oxygen atoms in total. The fourth-order valence-electron chi connectivity index (χ4n) is 1.53. The third-order valence-corrected chi connectivity index (χ3v) is 4.71. The van der Waals surface area contributed by atoms with E-state index >= 15 is 0 Å². The van der Waals surface area contributed by atoms with Crippen LogP contribution in [0.1, 0.15) is 0 Å². The van der Waals surface area contributed by atoms with Crippen LogP contribution in [0.25, 0.3) is 0 Å². The Labute approximate surface area is 164 Å². The van der Waals surface area contributed by atoms with Crippen molar-refractivity contribution in [2.45, 2.75) is 4.90 Å². The van der Waals surface area contributed by atoms with E-state index in [1.165, 1.54) is 10.8 Å². The Kier molecular flexibility index (Phi) is 12.1. The van der Waals surface area contributed by atoms with E-state index < -0.39 is 0 Å². The van der Waals surface area contributed by atoms with Gasteiger partial charge < -0.3 is 15.8 Å². The minimum Gasteiger partial charge on any atom is -0.490 e. The number of amidine groups is 1. The molecule has 0 aliphatic heterocycles. The van der Waals surface area contributed by atoms with E-state index in [-0.39, 0.29) is 0 Å². The third-order valence-electron chi connectivity index (χ3n) is 2.62. The summed E-state index contributed by atoms with van der Waals surface area (Å²) in [7, 11) is 3.00. The van der Waals surface area contributed by atoms with Gasteiger partial charge in [-0.1, -0.05) is 22.9 Å². The standard InChI is InChI=1S/C10H10N3OS2.C7H6N2S.Fm/c1-11-10(16-15-2)13-9-5-3-8(4-6-9)12-7-14;8-5-10-7-3-1-6(9)2-4-7;/h3-6H,1H2,2H3,(H,12,14);1-4H,9H2;/q-1;;. The van der Waals surface area contributed by atoms with Gasteiger partial charge in [-0.2, -0.15) is 5.26 Å². The molecule has 2 aromatic carbocycles. The smallest absolute Gasteiger partial charge is 0.198 e. The molecule has 0 aliphatic carbocycles. The molecule has 1 amide bonds. The van der Waals surface area contributed by atoms with E-state index in [0.717, 1.165) is 28.0 Å². The number of rotatable bonds is 5. The van der Waals surface area contributed by atoms with Crippen molar-refractivity contribution in [3.05, 3.63) is 48.5 Å². The zero-order valence-electron chi connectivity index (χ0n) is 14.2. The van der Waals surface area contributed by atoms with E-state index in [9.17, 15) is 4.79 Å². The van der Waals surface area contributed by atoms with Gasteiger partial charge in [0.05, 0.1) is 12.1 Å². The molecule has 146 valence electrons. The molecule has 0 spiro atoms. The Morgan fingerprint density at radius 3 is 2.33 bits per heavy atom. The summed E-state index contributed by atoms with van der Waals surface area (Å²) in [6, 6.07) is 14.3. The molecule has 0 atom stereocenters. The zero-order chi connectivity index (χ0) is 19.2. The van der Waals surface area contributed by atoms with Crippen molar-refractivity contribution in [1.29, 1.82) is 5.26 Å². The molecule has 0 radical (unpaired) electrons. The maximum absolute atomic E-state index is 10.1. The second-order valence-electron chi connectivity index (χ2n) is 4.34. The normalized spacial score (nSPS) is 9.70. The third kappa shape index (κ3) is 9.60. The number of nitrogens with two attached hydrogens (primary N) is 1. The monoisotopic (exact) mass is 659 g/mol. The summed E-state index contributed by atoms with van der Waals surface area (Å²) in [5, 5.41) is 13.3. The largest absolute Gasteiger partial charge is 0.490 e. The average molecular weight is 660 g/mol. The summed E-state index contributed by atoms with van der Waals surface area (Å²) < 4.78 is 0. The number of nitrogens with one attached hydrogen (secondary N) is 1. The Hall–Kier alpha value is -3.41. The SMILES string of the molecule is C=NC(=Nc1ccc(N[C-]=O)cc1)SSC.N#CSc1ccc(N)cc1.[Fm]. The van der Waals surface area contributed by atoms with Crippen LogP contribution in [0.5, 0.6) is 0 Å². The number of nitrogen functional groups attached to an aromatic ring is 1. The van der Waals surface area contributed by atoms with E-state index in [1.54, 1.807) is 53.6 Å². The summed E-state index contributed by atoms with van der Waals surface area (Å²) in [5.74, 6) is 0.